The Morgan fingerprint density at radius 3 is 2.50 bits per heavy atom. The molecule has 0 spiro atoms. The van der Waals surface area contributed by atoms with Gasteiger partial charge in [-0.2, -0.15) is 0 Å². The summed E-state index contributed by atoms with van der Waals surface area (Å²) >= 11 is 0. The minimum absolute atomic E-state index is 0.966. The third-order valence-corrected chi connectivity index (χ3v) is 3.56. The summed E-state index contributed by atoms with van der Waals surface area (Å²) in [4.78, 5) is 0. The van der Waals surface area contributed by atoms with E-state index < -0.39 is 0 Å². The van der Waals surface area contributed by atoms with Crippen molar-refractivity contribution in [1.29, 1.82) is 0 Å². The van der Waals surface area contributed by atoms with Crippen LogP contribution in [0.1, 0.15) is 37.7 Å². The molecule has 0 amide bonds. The predicted molar refractivity (Wildman–Crippen MR) is 68.6 cm³/mol. The molecule has 1 aliphatic heterocycles. The molecule has 87 valence electrons. The van der Waals surface area contributed by atoms with Gasteiger partial charge in [-0.25, -0.2) is 5.32 Å². The lowest BCUT2D eigenvalue weighted by molar-refractivity contribution is 0.340. The van der Waals surface area contributed by atoms with Crippen molar-refractivity contribution < 1.29 is 0 Å². The van der Waals surface area contributed by atoms with Crippen LogP contribution in [0.25, 0.3) is 0 Å². The second-order valence-corrected chi connectivity index (χ2v) is 4.85. The lowest BCUT2D eigenvalue weighted by atomic mass is 9.92. The van der Waals surface area contributed by atoms with Crippen LogP contribution in [0, 0.1) is 5.92 Å². The van der Waals surface area contributed by atoms with Gasteiger partial charge in [0.25, 0.3) is 0 Å². The largest absolute Gasteiger partial charge is 0.242 e. The van der Waals surface area contributed by atoms with E-state index in [1.54, 1.807) is 0 Å². The summed E-state index contributed by atoms with van der Waals surface area (Å²) in [5.74, 6) is 0.966. The zero-order valence-electron chi connectivity index (χ0n) is 10.1. The van der Waals surface area contributed by atoms with Gasteiger partial charge in [0.15, 0.2) is 0 Å². The van der Waals surface area contributed by atoms with E-state index in [1.165, 1.54) is 44.1 Å². The molecule has 0 aliphatic carbocycles. The van der Waals surface area contributed by atoms with Gasteiger partial charge < -0.3 is 0 Å². The minimum atomic E-state index is 0.966. The van der Waals surface area contributed by atoms with E-state index in [9.17, 15) is 0 Å². The molecule has 1 aromatic rings. The van der Waals surface area contributed by atoms with E-state index in [-0.39, 0.29) is 0 Å². The number of nitrogens with zero attached hydrogens (tertiary/aromatic N) is 1. The van der Waals surface area contributed by atoms with E-state index in [1.807, 2.05) is 0 Å². The topological polar surface area (TPSA) is 14.1 Å². The molecule has 2 rings (SSSR count). The van der Waals surface area contributed by atoms with Crippen LogP contribution in [0.4, 0.5) is 0 Å². The molecule has 0 N–H and O–H groups in total. The Hall–Kier alpha value is -0.820. The zero-order chi connectivity index (χ0) is 11.1. The Bertz CT molecular complexity index is 275. The van der Waals surface area contributed by atoms with Gasteiger partial charge in [-0.3, -0.25) is 0 Å². The standard InChI is InChI=1S/C15H22N/c1-2-6-14(7-3-1)8-4-5-9-15-10-12-16-13-11-15/h1-3,6-7,15H,4-5,8-13H2. The van der Waals surface area contributed by atoms with E-state index in [0.29, 0.717) is 0 Å². The summed E-state index contributed by atoms with van der Waals surface area (Å²) in [5, 5.41) is 4.40. The Kier molecular flexibility index (Phi) is 4.88. The van der Waals surface area contributed by atoms with E-state index >= 15 is 0 Å². The Morgan fingerprint density at radius 2 is 1.75 bits per heavy atom. The lowest BCUT2D eigenvalue weighted by Crippen LogP contribution is -2.22. The van der Waals surface area contributed by atoms with Gasteiger partial charge in [0.1, 0.15) is 0 Å². The molecular weight excluding hydrogens is 194 g/mol. The van der Waals surface area contributed by atoms with Crippen molar-refractivity contribution in [2.45, 2.75) is 38.5 Å². The van der Waals surface area contributed by atoms with Gasteiger partial charge in [0.2, 0.25) is 0 Å². The summed E-state index contributed by atoms with van der Waals surface area (Å²) in [6.07, 6.45) is 8.08. The first-order valence-electron chi connectivity index (χ1n) is 6.62. The first kappa shape index (κ1) is 11.7. The van der Waals surface area contributed by atoms with Crippen LogP contribution in [-0.4, -0.2) is 13.1 Å². The summed E-state index contributed by atoms with van der Waals surface area (Å²) in [7, 11) is 0. The number of hydrogen-bond donors (Lipinski definition) is 0. The van der Waals surface area contributed by atoms with Crippen molar-refractivity contribution in [3.05, 3.63) is 35.9 Å². The molecule has 0 saturated carbocycles. The van der Waals surface area contributed by atoms with Crippen LogP contribution in [0.2, 0.25) is 0 Å². The molecule has 1 radical (unpaired) electrons. The Labute approximate surface area is 99.3 Å². The van der Waals surface area contributed by atoms with E-state index in [4.69, 9.17) is 0 Å². The monoisotopic (exact) mass is 216 g/mol. The van der Waals surface area contributed by atoms with Crippen molar-refractivity contribution in [2.24, 2.45) is 5.92 Å². The Balaban J connectivity index is 1.58. The number of unbranched alkanes of at least 4 members (excludes halogenated alkanes) is 1. The molecule has 0 aromatic heterocycles. The van der Waals surface area contributed by atoms with Crippen molar-refractivity contribution in [2.75, 3.05) is 13.1 Å². The SMILES string of the molecule is c1ccc(CCCCC2CC[N]CC2)cc1. The molecule has 1 nitrogen and oxygen atoms in total. The molecule has 1 heterocycles. The fourth-order valence-corrected chi connectivity index (χ4v) is 2.50. The minimum Gasteiger partial charge on any atom is -0.242 e. The third kappa shape index (κ3) is 3.97. The van der Waals surface area contributed by atoms with Gasteiger partial charge in [-0.1, -0.05) is 43.2 Å². The highest BCUT2D eigenvalue weighted by Crippen LogP contribution is 2.19. The van der Waals surface area contributed by atoms with E-state index in [0.717, 1.165) is 19.0 Å². The zero-order valence-corrected chi connectivity index (χ0v) is 10.1. The van der Waals surface area contributed by atoms with Crippen molar-refractivity contribution in [1.82, 2.24) is 5.32 Å². The van der Waals surface area contributed by atoms with Gasteiger partial charge in [0.05, 0.1) is 0 Å². The maximum Gasteiger partial charge on any atom is 0.0136 e. The highest BCUT2D eigenvalue weighted by molar-refractivity contribution is 5.14. The molecule has 16 heavy (non-hydrogen) atoms. The average molecular weight is 216 g/mol. The Morgan fingerprint density at radius 1 is 1.00 bits per heavy atom. The maximum atomic E-state index is 4.40. The second-order valence-electron chi connectivity index (χ2n) is 4.85. The van der Waals surface area contributed by atoms with E-state index in [2.05, 4.69) is 35.6 Å². The predicted octanol–water partition coefficient (Wildman–Crippen LogP) is 3.41. The van der Waals surface area contributed by atoms with Gasteiger partial charge in [-0.15, -0.1) is 0 Å². The highest BCUT2D eigenvalue weighted by atomic mass is 14.9. The first-order chi connectivity index (χ1) is 7.95. The molecule has 1 saturated heterocycles. The highest BCUT2D eigenvalue weighted by Gasteiger charge is 2.12. The fraction of sp³-hybridized carbons (Fsp3) is 0.600. The molecule has 0 bridgehead atoms. The molecule has 1 aromatic carbocycles. The first-order valence-corrected chi connectivity index (χ1v) is 6.62. The molecule has 1 fully saturated rings. The van der Waals surface area contributed by atoms with Crippen LogP contribution in [0.3, 0.4) is 0 Å². The van der Waals surface area contributed by atoms with Crippen LogP contribution < -0.4 is 5.32 Å². The summed E-state index contributed by atoms with van der Waals surface area (Å²) in [6.45, 7) is 2.23. The van der Waals surface area contributed by atoms with Crippen molar-refractivity contribution in [3.8, 4) is 0 Å². The number of rotatable bonds is 5. The third-order valence-electron chi connectivity index (χ3n) is 3.56. The summed E-state index contributed by atoms with van der Waals surface area (Å²) in [6, 6.07) is 10.8. The van der Waals surface area contributed by atoms with Crippen LogP contribution >= 0.6 is 0 Å². The lowest BCUT2D eigenvalue weighted by Gasteiger charge is -2.21. The quantitative estimate of drug-likeness (QED) is 0.670. The smallest absolute Gasteiger partial charge is 0.0136 e. The molecule has 0 atom stereocenters. The van der Waals surface area contributed by atoms with Crippen LogP contribution in [0.5, 0.6) is 0 Å². The van der Waals surface area contributed by atoms with Crippen LogP contribution in [0.15, 0.2) is 30.3 Å². The van der Waals surface area contributed by atoms with Crippen molar-refractivity contribution >= 4 is 0 Å². The summed E-state index contributed by atoms with van der Waals surface area (Å²) < 4.78 is 0. The van der Waals surface area contributed by atoms with Crippen molar-refractivity contribution in [3.63, 3.8) is 0 Å². The molecule has 0 unspecified atom stereocenters. The maximum absolute atomic E-state index is 4.40. The number of benzene rings is 1. The second kappa shape index (κ2) is 6.70. The van der Waals surface area contributed by atoms with Crippen LogP contribution in [-0.2, 0) is 6.42 Å². The number of piperidine rings is 1. The molecular formula is C15H22N. The van der Waals surface area contributed by atoms with Gasteiger partial charge in [0, 0.05) is 13.1 Å². The fourth-order valence-electron chi connectivity index (χ4n) is 2.50. The number of aryl methyl sites for hydroxylation is 1. The average Bonchev–Trinajstić information content (AvgIpc) is 2.37. The number of hydrogen-bond acceptors (Lipinski definition) is 0. The molecule has 1 heteroatoms. The normalized spacial score (nSPS) is 17.5. The van der Waals surface area contributed by atoms with Gasteiger partial charge in [-0.05, 0) is 37.2 Å². The molecule has 1 aliphatic rings. The summed E-state index contributed by atoms with van der Waals surface area (Å²) in [5.41, 5.74) is 1.49. The van der Waals surface area contributed by atoms with Gasteiger partial charge >= 0.3 is 0 Å².